The Morgan fingerprint density at radius 3 is 2.44 bits per heavy atom. The van der Waals surface area contributed by atoms with Gasteiger partial charge in [0, 0.05) is 30.3 Å². The van der Waals surface area contributed by atoms with Crippen molar-refractivity contribution in [3.8, 4) is 0 Å². The third-order valence-corrected chi connectivity index (χ3v) is 5.45. The summed E-state index contributed by atoms with van der Waals surface area (Å²) in [6.07, 6.45) is 2.26. The molecular weight excluding hydrogens is 312 g/mol. The van der Waals surface area contributed by atoms with Gasteiger partial charge in [-0.25, -0.2) is 0 Å². The van der Waals surface area contributed by atoms with E-state index in [0.29, 0.717) is 5.92 Å². The highest BCUT2D eigenvalue weighted by Gasteiger charge is 2.48. The van der Waals surface area contributed by atoms with Crippen LogP contribution in [0.1, 0.15) is 31.4 Å². The quantitative estimate of drug-likeness (QED) is 0.897. The molecule has 0 unspecified atom stereocenters. The first kappa shape index (κ1) is 16.2. The van der Waals surface area contributed by atoms with Crippen LogP contribution in [-0.4, -0.2) is 23.7 Å². The van der Waals surface area contributed by atoms with E-state index in [1.807, 2.05) is 53.4 Å². The Morgan fingerprint density at radius 1 is 1.12 bits per heavy atom. The standard InChI is InChI=1S/C21H24N2O2/c1-14(25)23-19-10-6-5-9-17(19)20(22-16-7-3-2-4-8-16)18(13-24)21(23)15-11-12-15/h2-10,15,18,20-22,24H,11-13H2,1H3/t18-,20+,21+/m1/s1. The first-order valence-electron chi connectivity index (χ1n) is 9.02. The van der Waals surface area contributed by atoms with E-state index in [1.165, 1.54) is 0 Å². The molecule has 4 nitrogen and oxygen atoms in total. The van der Waals surface area contributed by atoms with E-state index >= 15 is 0 Å². The van der Waals surface area contributed by atoms with Crippen molar-refractivity contribution in [1.82, 2.24) is 0 Å². The summed E-state index contributed by atoms with van der Waals surface area (Å²) >= 11 is 0. The summed E-state index contributed by atoms with van der Waals surface area (Å²) in [6.45, 7) is 1.69. The second-order valence-corrected chi connectivity index (χ2v) is 7.11. The largest absolute Gasteiger partial charge is 0.396 e. The van der Waals surface area contributed by atoms with Crippen LogP contribution in [0.25, 0.3) is 0 Å². The van der Waals surface area contributed by atoms with Gasteiger partial charge in [-0.2, -0.15) is 0 Å². The number of carbonyl (C=O) groups is 1. The Kier molecular flexibility index (Phi) is 4.22. The van der Waals surface area contributed by atoms with Crippen LogP contribution in [0.5, 0.6) is 0 Å². The number of rotatable bonds is 4. The van der Waals surface area contributed by atoms with Crippen LogP contribution in [0.15, 0.2) is 54.6 Å². The summed E-state index contributed by atoms with van der Waals surface area (Å²) in [5.41, 5.74) is 3.09. The SMILES string of the molecule is CC(=O)N1c2ccccc2[C@H](Nc2ccccc2)[C@@H](CO)[C@@H]1C1CC1. The van der Waals surface area contributed by atoms with Crippen molar-refractivity contribution >= 4 is 17.3 Å². The third-order valence-electron chi connectivity index (χ3n) is 5.45. The highest BCUT2D eigenvalue weighted by molar-refractivity contribution is 5.94. The maximum absolute atomic E-state index is 12.5. The van der Waals surface area contributed by atoms with Crippen molar-refractivity contribution in [2.45, 2.75) is 31.8 Å². The molecule has 2 aliphatic rings. The van der Waals surface area contributed by atoms with Crippen LogP contribution in [0, 0.1) is 11.8 Å². The highest BCUT2D eigenvalue weighted by Crippen LogP contribution is 2.49. The topological polar surface area (TPSA) is 52.6 Å². The molecule has 130 valence electrons. The first-order valence-corrected chi connectivity index (χ1v) is 9.02. The maximum Gasteiger partial charge on any atom is 0.224 e. The highest BCUT2D eigenvalue weighted by atomic mass is 16.3. The second kappa shape index (κ2) is 6.52. The van der Waals surface area contributed by atoms with Gasteiger partial charge in [-0.05, 0) is 42.5 Å². The predicted molar refractivity (Wildman–Crippen MR) is 99.5 cm³/mol. The number of benzene rings is 2. The molecule has 0 radical (unpaired) electrons. The molecule has 1 fully saturated rings. The number of carbonyl (C=O) groups excluding carboxylic acids is 1. The minimum Gasteiger partial charge on any atom is -0.396 e. The molecule has 1 amide bonds. The number of amides is 1. The molecular formula is C21H24N2O2. The second-order valence-electron chi connectivity index (χ2n) is 7.11. The lowest BCUT2D eigenvalue weighted by Gasteiger charge is -2.46. The Bertz CT molecular complexity index is 758. The van der Waals surface area contributed by atoms with E-state index in [4.69, 9.17) is 0 Å². The summed E-state index contributed by atoms with van der Waals surface area (Å²) < 4.78 is 0. The predicted octanol–water partition coefficient (Wildman–Crippen LogP) is 3.59. The van der Waals surface area contributed by atoms with E-state index in [0.717, 1.165) is 29.8 Å². The third kappa shape index (κ3) is 2.91. The first-order chi connectivity index (χ1) is 12.2. The van der Waals surface area contributed by atoms with Crippen LogP contribution < -0.4 is 10.2 Å². The zero-order valence-corrected chi connectivity index (χ0v) is 14.4. The van der Waals surface area contributed by atoms with Gasteiger partial charge in [-0.3, -0.25) is 4.79 Å². The van der Waals surface area contributed by atoms with E-state index in [-0.39, 0.29) is 30.5 Å². The monoisotopic (exact) mass is 336 g/mol. The fourth-order valence-corrected chi connectivity index (χ4v) is 4.24. The van der Waals surface area contributed by atoms with Gasteiger partial charge < -0.3 is 15.3 Å². The number of anilines is 2. The fraction of sp³-hybridized carbons (Fsp3) is 0.381. The lowest BCUT2D eigenvalue weighted by molar-refractivity contribution is -0.117. The maximum atomic E-state index is 12.5. The van der Waals surface area contributed by atoms with Crippen molar-refractivity contribution in [2.24, 2.45) is 11.8 Å². The molecule has 1 heterocycles. The molecule has 4 rings (SSSR count). The molecule has 2 N–H and O–H groups in total. The molecule has 0 spiro atoms. The van der Waals surface area contributed by atoms with Gasteiger partial charge in [-0.1, -0.05) is 36.4 Å². The lowest BCUT2D eigenvalue weighted by atomic mass is 9.79. The van der Waals surface area contributed by atoms with Crippen LogP contribution in [-0.2, 0) is 4.79 Å². The normalized spacial score (nSPS) is 25.4. The number of hydrogen-bond donors (Lipinski definition) is 2. The number of nitrogens with zero attached hydrogens (tertiary/aromatic N) is 1. The van der Waals surface area contributed by atoms with E-state index in [2.05, 4.69) is 11.4 Å². The molecule has 2 aromatic carbocycles. The summed E-state index contributed by atoms with van der Waals surface area (Å²) in [5, 5.41) is 13.8. The summed E-state index contributed by atoms with van der Waals surface area (Å²) in [5.74, 6) is 0.516. The molecule has 2 aromatic rings. The number of aliphatic hydroxyl groups is 1. The molecule has 0 aromatic heterocycles. The number of hydrogen-bond acceptors (Lipinski definition) is 3. The van der Waals surface area contributed by atoms with Crippen LogP contribution in [0.2, 0.25) is 0 Å². The van der Waals surface area contributed by atoms with E-state index in [1.54, 1.807) is 6.92 Å². The number of para-hydroxylation sites is 2. The lowest BCUT2D eigenvalue weighted by Crippen LogP contribution is -2.53. The van der Waals surface area contributed by atoms with E-state index < -0.39 is 0 Å². The minimum absolute atomic E-state index is 0.00944. The van der Waals surface area contributed by atoms with Crippen LogP contribution in [0.3, 0.4) is 0 Å². The summed E-state index contributed by atoms with van der Waals surface area (Å²) in [6, 6.07) is 18.2. The van der Waals surface area contributed by atoms with Crippen molar-refractivity contribution < 1.29 is 9.90 Å². The number of aliphatic hydroxyl groups excluding tert-OH is 1. The van der Waals surface area contributed by atoms with Gasteiger partial charge in [0.25, 0.3) is 0 Å². The number of fused-ring (bicyclic) bond motifs is 1. The molecule has 1 saturated carbocycles. The van der Waals surface area contributed by atoms with Gasteiger partial charge >= 0.3 is 0 Å². The molecule has 4 heteroatoms. The van der Waals surface area contributed by atoms with Gasteiger partial charge in [0.05, 0.1) is 12.6 Å². The summed E-state index contributed by atoms with van der Waals surface area (Å²) in [4.78, 5) is 14.4. The number of nitrogens with one attached hydrogen (secondary N) is 1. The molecule has 0 saturated heterocycles. The van der Waals surface area contributed by atoms with E-state index in [9.17, 15) is 9.90 Å². The minimum atomic E-state index is -0.0218. The van der Waals surface area contributed by atoms with Crippen molar-refractivity contribution in [2.75, 3.05) is 16.8 Å². The molecule has 1 aliphatic carbocycles. The molecule has 25 heavy (non-hydrogen) atoms. The Hall–Kier alpha value is -2.33. The van der Waals surface area contributed by atoms with Gasteiger partial charge in [0.2, 0.25) is 5.91 Å². The van der Waals surface area contributed by atoms with Crippen molar-refractivity contribution in [1.29, 1.82) is 0 Å². The van der Waals surface area contributed by atoms with Gasteiger partial charge in [-0.15, -0.1) is 0 Å². The molecule has 0 bridgehead atoms. The van der Waals surface area contributed by atoms with Crippen molar-refractivity contribution in [3.63, 3.8) is 0 Å². The zero-order chi connectivity index (χ0) is 17.4. The Morgan fingerprint density at radius 2 is 1.80 bits per heavy atom. The summed E-state index contributed by atoms with van der Waals surface area (Å²) in [7, 11) is 0. The van der Waals surface area contributed by atoms with Crippen molar-refractivity contribution in [3.05, 3.63) is 60.2 Å². The smallest absolute Gasteiger partial charge is 0.224 e. The average molecular weight is 336 g/mol. The Balaban J connectivity index is 1.80. The zero-order valence-electron chi connectivity index (χ0n) is 14.4. The Labute approximate surface area is 148 Å². The molecule has 3 atom stereocenters. The van der Waals surface area contributed by atoms with Gasteiger partial charge in [0.1, 0.15) is 0 Å². The van der Waals surface area contributed by atoms with Crippen LogP contribution >= 0.6 is 0 Å². The average Bonchev–Trinajstić information content (AvgIpc) is 3.46. The van der Waals surface area contributed by atoms with Crippen LogP contribution in [0.4, 0.5) is 11.4 Å². The fourth-order valence-electron chi connectivity index (χ4n) is 4.24. The molecule has 1 aliphatic heterocycles. The van der Waals surface area contributed by atoms with Gasteiger partial charge in [0.15, 0.2) is 0 Å².